The summed E-state index contributed by atoms with van der Waals surface area (Å²) in [4.78, 5) is 4.30. The van der Waals surface area contributed by atoms with Crippen LogP contribution in [0.3, 0.4) is 0 Å². The molecule has 0 spiro atoms. The third-order valence-corrected chi connectivity index (χ3v) is 6.89. The maximum absolute atomic E-state index is 12.5. The molecule has 4 atom stereocenters. The Morgan fingerprint density at radius 1 is 1.30 bits per heavy atom. The van der Waals surface area contributed by atoms with Crippen LogP contribution < -0.4 is 10.5 Å². The van der Waals surface area contributed by atoms with Crippen molar-refractivity contribution in [3.8, 4) is 0 Å². The predicted molar refractivity (Wildman–Crippen MR) is 74.0 cm³/mol. The Hall–Kier alpha value is -0.980. The quantitative estimate of drug-likeness (QED) is 0.862. The normalized spacial score (nSPS) is 38.0. The van der Waals surface area contributed by atoms with Gasteiger partial charge in [-0.25, -0.2) is 13.1 Å². The SMILES string of the molecule is NCc1ncccc1S(=O)(=O)NC1C2C3CCC(C3)C12. The van der Waals surface area contributed by atoms with Gasteiger partial charge in [0, 0.05) is 18.8 Å². The molecule has 0 amide bonds. The van der Waals surface area contributed by atoms with Crippen LogP contribution in [0.4, 0.5) is 0 Å². The van der Waals surface area contributed by atoms with Gasteiger partial charge in [-0.3, -0.25) is 4.98 Å². The van der Waals surface area contributed by atoms with Gasteiger partial charge < -0.3 is 5.73 Å². The molecular formula is C14H19N3O2S. The number of hydrogen-bond donors (Lipinski definition) is 2. The number of fused-ring (bicyclic) bond motifs is 5. The monoisotopic (exact) mass is 293 g/mol. The molecule has 5 nitrogen and oxygen atoms in total. The zero-order chi connectivity index (χ0) is 13.9. The summed E-state index contributed by atoms with van der Waals surface area (Å²) < 4.78 is 27.9. The van der Waals surface area contributed by atoms with Crippen LogP contribution in [-0.4, -0.2) is 19.4 Å². The highest BCUT2D eigenvalue weighted by molar-refractivity contribution is 7.89. The summed E-state index contributed by atoms with van der Waals surface area (Å²) in [5, 5.41) is 0. The van der Waals surface area contributed by atoms with E-state index in [1.54, 1.807) is 18.3 Å². The van der Waals surface area contributed by atoms with E-state index in [9.17, 15) is 8.42 Å². The van der Waals surface area contributed by atoms with Crippen LogP contribution in [0.15, 0.2) is 23.2 Å². The van der Waals surface area contributed by atoms with Crippen LogP contribution in [0.5, 0.6) is 0 Å². The van der Waals surface area contributed by atoms with E-state index < -0.39 is 10.0 Å². The first-order valence-corrected chi connectivity index (χ1v) is 8.76. The number of nitrogens with two attached hydrogens (primary N) is 1. The summed E-state index contributed by atoms with van der Waals surface area (Å²) in [5.41, 5.74) is 6.02. The molecule has 0 radical (unpaired) electrons. The smallest absolute Gasteiger partial charge is 0.242 e. The minimum Gasteiger partial charge on any atom is -0.325 e. The zero-order valence-corrected chi connectivity index (χ0v) is 12.0. The highest BCUT2D eigenvalue weighted by Crippen LogP contribution is 2.65. The Morgan fingerprint density at radius 2 is 2.00 bits per heavy atom. The number of nitrogens with zero attached hydrogens (tertiary/aromatic N) is 1. The molecule has 2 bridgehead atoms. The molecule has 20 heavy (non-hydrogen) atoms. The molecule has 1 heterocycles. The van der Waals surface area contributed by atoms with E-state index in [2.05, 4.69) is 9.71 Å². The van der Waals surface area contributed by atoms with Crippen LogP contribution in [-0.2, 0) is 16.6 Å². The van der Waals surface area contributed by atoms with Gasteiger partial charge in [-0.15, -0.1) is 0 Å². The number of sulfonamides is 1. The molecule has 0 aliphatic heterocycles. The lowest BCUT2D eigenvalue weighted by Crippen LogP contribution is -2.31. The van der Waals surface area contributed by atoms with Gasteiger partial charge in [0.15, 0.2) is 0 Å². The summed E-state index contributed by atoms with van der Waals surface area (Å²) in [5.74, 6) is 2.67. The Bertz CT molecular complexity index is 630. The summed E-state index contributed by atoms with van der Waals surface area (Å²) >= 11 is 0. The number of pyridine rings is 1. The summed E-state index contributed by atoms with van der Waals surface area (Å²) in [6, 6.07) is 3.38. The van der Waals surface area contributed by atoms with Crippen LogP contribution in [0.25, 0.3) is 0 Å². The largest absolute Gasteiger partial charge is 0.325 e. The fourth-order valence-electron chi connectivity index (χ4n) is 4.55. The molecule has 3 fully saturated rings. The molecular weight excluding hydrogens is 274 g/mol. The van der Waals surface area contributed by atoms with E-state index in [-0.39, 0.29) is 17.5 Å². The Labute approximate surface area is 119 Å². The van der Waals surface area contributed by atoms with Gasteiger partial charge >= 0.3 is 0 Å². The van der Waals surface area contributed by atoms with E-state index in [4.69, 9.17) is 5.73 Å². The molecule has 1 aromatic rings. The lowest BCUT2D eigenvalue weighted by atomic mass is 10.0. The van der Waals surface area contributed by atoms with Crippen LogP contribution in [0.2, 0.25) is 0 Å². The minimum atomic E-state index is -3.49. The molecule has 108 valence electrons. The topological polar surface area (TPSA) is 85.1 Å². The van der Waals surface area contributed by atoms with E-state index in [1.807, 2.05) is 0 Å². The van der Waals surface area contributed by atoms with Gasteiger partial charge in [-0.1, -0.05) is 0 Å². The number of hydrogen-bond acceptors (Lipinski definition) is 4. The second-order valence-electron chi connectivity index (χ2n) is 6.29. The highest BCUT2D eigenvalue weighted by Gasteiger charge is 2.65. The minimum absolute atomic E-state index is 0.139. The highest BCUT2D eigenvalue weighted by atomic mass is 32.2. The molecule has 1 aromatic heterocycles. The van der Waals surface area contributed by atoms with Crippen molar-refractivity contribution < 1.29 is 8.42 Å². The molecule has 3 saturated carbocycles. The van der Waals surface area contributed by atoms with Crippen LogP contribution in [0.1, 0.15) is 25.0 Å². The summed E-state index contributed by atoms with van der Waals surface area (Å²) in [6.07, 6.45) is 5.46. The lowest BCUT2D eigenvalue weighted by molar-refractivity contribution is 0.456. The fraction of sp³-hybridized carbons (Fsp3) is 0.643. The fourth-order valence-corrected chi connectivity index (χ4v) is 6.05. The molecule has 6 heteroatoms. The first-order valence-electron chi connectivity index (χ1n) is 7.28. The third kappa shape index (κ3) is 1.75. The third-order valence-electron chi connectivity index (χ3n) is 5.36. The maximum atomic E-state index is 12.5. The number of nitrogens with one attached hydrogen (secondary N) is 1. The van der Waals surface area contributed by atoms with Crippen molar-refractivity contribution in [1.29, 1.82) is 0 Å². The first kappa shape index (κ1) is 12.7. The van der Waals surface area contributed by atoms with Crippen molar-refractivity contribution in [2.45, 2.75) is 36.7 Å². The van der Waals surface area contributed by atoms with Gasteiger partial charge in [0.25, 0.3) is 0 Å². The van der Waals surface area contributed by atoms with Gasteiger partial charge in [-0.2, -0.15) is 0 Å². The molecule has 3 aliphatic carbocycles. The molecule has 4 unspecified atom stereocenters. The van der Waals surface area contributed by atoms with Crippen molar-refractivity contribution in [2.24, 2.45) is 29.4 Å². The standard InChI is InChI=1S/C14H19N3O2S/c15-7-10-11(2-1-5-16-10)20(18,19)17-14-12-8-3-4-9(6-8)13(12)14/h1-2,5,8-9,12-14,17H,3-4,6-7,15H2. The molecule has 0 saturated heterocycles. The Morgan fingerprint density at radius 3 is 2.65 bits per heavy atom. The van der Waals surface area contributed by atoms with Crippen molar-refractivity contribution in [2.75, 3.05) is 0 Å². The predicted octanol–water partition coefficient (Wildman–Crippen LogP) is 0.863. The maximum Gasteiger partial charge on any atom is 0.242 e. The van der Waals surface area contributed by atoms with E-state index in [0.717, 1.165) is 11.8 Å². The van der Waals surface area contributed by atoms with Crippen LogP contribution in [0, 0.1) is 23.7 Å². The number of aromatic nitrogens is 1. The van der Waals surface area contributed by atoms with Gasteiger partial charge in [0.2, 0.25) is 10.0 Å². The van der Waals surface area contributed by atoms with Gasteiger partial charge in [0.05, 0.1) is 5.69 Å². The molecule has 3 aliphatic rings. The van der Waals surface area contributed by atoms with Crippen molar-refractivity contribution in [3.05, 3.63) is 24.0 Å². The Balaban J connectivity index is 1.57. The zero-order valence-electron chi connectivity index (χ0n) is 11.2. The summed E-state index contributed by atoms with van der Waals surface area (Å²) in [6.45, 7) is 0.139. The first-order chi connectivity index (χ1) is 9.62. The van der Waals surface area contributed by atoms with Crippen molar-refractivity contribution in [3.63, 3.8) is 0 Å². The van der Waals surface area contributed by atoms with Crippen molar-refractivity contribution in [1.82, 2.24) is 9.71 Å². The number of rotatable bonds is 4. The molecule has 0 aromatic carbocycles. The van der Waals surface area contributed by atoms with Gasteiger partial charge in [0.1, 0.15) is 4.90 Å². The Kier molecular flexibility index (Phi) is 2.71. The van der Waals surface area contributed by atoms with Gasteiger partial charge in [-0.05, 0) is 55.1 Å². The molecule has 3 N–H and O–H groups in total. The van der Waals surface area contributed by atoms with E-state index >= 15 is 0 Å². The van der Waals surface area contributed by atoms with E-state index in [1.165, 1.54) is 19.3 Å². The average molecular weight is 293 g/mol. The molecule has 4 rings (SSSR count). The average Bonchev–Trinajstić information content (AvgIpc) is 2.85. The van der Waals surface area contributed by atoms with Crippen LogP contribution >= 0.6 is 0 Å². The lowest BCUT2D eigenvalue weighted by Gasteiger charge is -2.12. The van der Waals surface area contributed by atoms with Crippen molar-refractivity contribution >= 4 is 10.0 Å². The second kappa shape index (κ2) is 4.26. The summed E-state index contributed by atoms with van der Waals surface area (Å²) in [7, 11) is -3.49. The second-order valence-corrected chi connectivity index (χ2v) is 7.97. The van der Waals surface area contributed by atoms with E-state index in [0.29, 0.717) is 17.5 Å².